The third-order valence-corrected chi connectivity index (χ3v) is 11.5. The summed E-state index contributed by atoms with van der Waals surface area (Å²) in [5.74, 6) is -7.24. The van der Waals surface area contributed by atoms with Crippen LogP contribution in [0.3, 0.4) is 0 Å². The highest BCUT2D eigenvalue weighted by Gasteiger charge is 2.37. The van der Waals surface area contributed by atoms with Crippen LogP contribution in [0.1, 0.15) is 69.3 Å². The largest absolute Gasteiger partial charge is 0.504 e. The zero-order chi connectivity index (χ0) is 53.1. The molecule has 20 nitrogen and oxygen atoms in total. The number of carboxylic acids is 1. The number of phenols is 1. The Hall–Kier alpha value is -6.98. The van der Waals surface area contributed by atoms with Gasteiger partial charge in [-0.1, -0.05) is 57.7 Å². The summed E-state index contributed by atoms with van der Waals surface area (Å²) >= 11 is 0. The maximum absolute atomic E-state index is 14.8. The van der Waals surface area contributed by atoms with E-state index in [9.17, 15) is 53.2 Å². The third kappa shape index (κ3) is 14.5. The Bertz CT molecular complexity index is 2510. The van der Waals surface area contributed by atoms with E-state index in [2.05, 4.69) is 27.5 Å². The third-order valence-electron chi connectivity index (χ3n) is 11.5. The van der Waals surface area contributed by atoms with Gasteiger partial charge in [0, 0.05) is 43.3 Å². The molecule has 1 aliphatic rings. The van der Waals surface area contributed by atoms with Crippen LogP contribution < -0.4 is 48.4 Å². The molecular formula is C49H65F2N9O11. The first-order chi connectivity index (χ1) is 33.3. The Morgan fingerprint density at radius 2 is 1.54 bits per heavy atom. The number of nitrogens with two attached hydrogens (primary N) is 4. The molecule has 4 rings (SSSR count). The highest BCUT2D eigenvalue weighted by Crippen LogP contribution is 2.45. The highest BCUT2D eigenvalue weighted by atomic mass is 19.3. The van der Waals surface area contributed by atoms with Crippen LogP contribution in [-0.4, -0.2) is 137 Å². The summed E-state index contributed by atoms with van der Waals surface area (Å²) in [5, 5.41) is 50.0. The second kappa shape index (κ2) is 24.7. The van der Waals surface area contributed by atoms with Crippen molar-refractivity contribution in [2.45, 2.75) is 95.7 Å². The van der Waals surface area contributed by atoms with E-state index in [1.54, 1.807) is 12.1 Å². The normalized spacial score (nSPS) is 18.2. The van der Waals surface area contributed by atoms with E-state index >= 15 is 0 Å². The lowest BCUT2D eigenvalue weighted by atomic mass is 9.86. The van der Waals surface area contributed by atoms with E-state index in [0.29, 0.717) is 11.1 Å². The first-order valence-electron chi connectivity index (χ1n) is 22.6. The second-order valence-electron chi connectivity index (χ2n) is 18.1. The molecule has 15 N–H and O–H groups in total. The van der Waals surface area contributed by atoms with Crippen LogP contribution in [0.15, 0.2) is 77.3 Å². The first kappa shape index (κ1) is 56.6. The Kier molecular flexibility index (Phi) is 19.7. The summed E-state index contributed by atoms with van der Waals surface area (Å²) in [6, 6.07) is 7.49. The number of aromatic hydroxyl groups is 1. The lowest BCUT2D eigenvalue weighted by Crippen LogP contribution is -2.55. The molecule has 4 amide bonds. The molecule has 0 saturated heterocycles. The molecule has 6 atom stereocenters. The maximum atomic E-state index is 14.8. The number of phenolic OH excluding ortho intramolecular Hbond substituents is 1. The number of aliphatic hydroxyl groups excluding tert-OH is 2. The molecule has 4 bridgehead atoms. The van der Waals surface area contributed by atoms with Crippen molar-refractivity contribution in [2.24, 2.45) is 27.9 Å². The molecule has 1 heterocycles. The number of amides is 4. The lowest BCUT2D eigenvalue weighted by Gasteiger charge is -2.33. The van der Waals surface area contributed by atoms with Crippen molar-refractivity contribution in [1.82, 2.24) is 20.9 Å². The number of hydrogen-bond acceptors (Lipinski definition) is 14. The molecule has 2 unspecified atom stereocenters. The number of likely N-dealkylation sites (N-methyl/N-ethyl adjacent to an activating group) is 1. The van der Waals surface area contributed by atoms with Gasteiger partial charge in [-0.15, -0.1) is 0 Å². The predicted molar refractivity (Wildman–Crippen MR) is 261 cm³/mol. The Labute approximate surface area is 410 Å². The summed E-state index contributed by atoms with van der Waals surface area (Å²) in [6.07, 6.45) is -6.23. The number of benzene rings is 3. The Balaban J connectivity index is 1.91. The Morgan fingerprint density at radius 1 is 0.930 bits per heavy atom. The molecule has 3 aromatic carbocycles. The van der Waals surface area contributed by atoms with Crippen LogP contribution in [0.25, 0.3) is 16.8 Å². The number of fused-ring (bicyclic) bond motifs is 5. The number of alkyl halides is 2. The quantitative estimate of drug-likeness (QED) is 0.0459. The molecule has 22 heteroatoms. The summed E-state index contributed by atoms with van der Waals surface area (Å²) in [5.41, 5.74) is 23.4. The molecule has 1 aliphatic heterocycles. The molecule has 0 aliphatic carbocycles. The molecule has 0 radical (unpaired) electrons. The zero-order valence-corrected chi connectivity index (χ0v) is 40.5. The van der Waals surface area contributed by atoms with Crippen molar-refractivity contribution in [2.75, 3.05) is 39.9 Å². The van der Waals surface area contributed by atoms with Gasteiger partial charge in [-0.25, -0.2) is 18.6 Å². The van der Waals surface area contributed by atoms with Gasteiger partial charge in [-0.3, -0.25) is 19.2 Å². The van der Waals surface area contributed by atoms with Gasteiger partial charge >= 0.3 is 5.97 Å². The molecule has 71 heavy (non-hydrogen) atoms. The van der Waals surface area contributed by atoms with Gasteiger partial charge in [-0.2, -0.15) is 0 Å². The van der Waals surface area contributed by atoms with Crippen molar-refractivity contribution in [3.63, 3.8) is 0 Å². The molecule has 0 fully saturated rings. The number of aliphatic hydroxyl groups is 2. The lowest BCUT2D eigenvalue weighted by molar-refractivity contribution is -0.143. The molecular weight excluding hydrogens is 929 g/mol. The average Bonchev–Trinajstić information content (AvgIpc) is 3.31. The van der Waals surface area contributed by atoms with Crippen LogP contribution in [0.2, 0.25) is 0 Å². The number of allylic oxidation sites excluding steroid dienone is 1. The number of aliphatic imine (C=N–C) groups is 1. The maximum Gasteiger partial charge on any atom is 0.326 e. The smallest absolute Gasteiger partial charge is 0.326 e. The predicted octanol–water partition coefficient (Wildman–Crippen LogP) is 1.33. The van der Waals surface area contributed by atoms with Gasteiger partial charge in [0.2, 0.25) is 17.7 Å². The number of carboxylic acid groups (broad SMARTS) is 1. The van der Waals surface area contributed by atoms with Crippen molar-refractivity contribution < 1.29 is 62.7 Å². The molecule has 0 spiro atoms. The second-order valence-corrected chi connectivity index (χ2v) is 18.1. The fourth-order valence-electron chi connectivity index (χ4n) is 7.35. The molecule has 0 saturated carbocycles. The molecule has 386 valence electrons. The van der Waals surface area contributed by atoms with Gasteiger partial charge < -0.3 is 73.7 Å². The van der Waals surface area contributed by atoms with E-state index in [4.69, 9.17) is 32.4 Å². The van der Waals surface area contributed by atoms with Crippen LogP contribution in [-0.2, 0) is 35.8 Å². The molecule has 3 aromatic rings. The van der Waals surface area contributed by atoms with Crippen LogP contribution in [0.4, 0.5) is 8.78 Å². The number of aliphatic carboxylic acids is 1. The van der Waals surface area contributed by atoms with Gasteiger partial charge in [-0.05, 0) is 78.7 Å². The number of amidine groups is 1. The SMILES string of the molecule is C=C(N=C(N)/C(C(=O)N[C@@H](CCN)C(=O)N(C)C1C(=O)N[C@@H](C)C(=O)NC(C(=O)O)Cc2ccc(OC[C@H](O)CN)c(c2)-c2cc1cc(OC[C@H](O)CN)c2O)=C(\C)C(F)F)c1ccc(C(C)(C)C)cc1. The number of ether oxygens (including phenoxy) is 2. The van der Waals surface area contributed by atoms with Gasteiger partial charge in [0.25, 0.3) is 12.3 Å². The zero-order valence-electron chi connectivity index (χ0n) is 40.5. The van der Waals surface area contributed by atoms with Crippen molar-refractivity contribution >= 4 is 41.1 Å². The van der Waals surface area contributed by atoms with Crippen LogP contribution in [0, 0.1) is 0 Å². The summed E-state index contributed by atoms with van der Waals surface area (Å²) < 4.78 is 40.7. The fraction of sp³-hybridized carbons (Fsp3) is 0.429. The Morgan fingerprint density at radius 3 is 2.08 bits per heavy atom. The summed E-state index contributed by atoms with van der Waals surface area (Å²) in [6.45, 7) is 10.7. The number of halogens is 2. The van der Waals surface area contributed by atoms with Gasteiger partial charge in [0.05, 0.1) is 11.3 Å². The monoisotopic (exact) mass is 993 g/mol. The van der Waals surface area contributed by atoms with E-state index in [1.165, 1.54) is 37.3 Å². The summed E-state index contributed by atoms with van der Waals surface area (Å²) in [4.78, 5) is 74.7. The average molecular weight is 994 g/mol. The van der Waals surface area contributed by atoms with E-state index in [1.807, 2.05) is 32.9 Å². The standard InChI is InChI=1S/C49H65F2N9O11/c1-24(42(50)51)39(43(55)56-25(2)28-9-11-30(12-10-28)49(4,5)6)45(65)58-35(14-15-52)47(67)60(7)40-29-18-34(41(63)38(19-29)71-23-32(62)21-54)33-16-27(8-13-37(33)70-22-31(61)20-53)17-36(48(68)69)59-44(64)26(3)57-46(40)66/h8-13,16,18-19,26,31-32,35-36,40,42,61-63H,2,14-15,17,20-23,52-54H2,1,3-7H3,(H2,55,56)(H,57,66)(H,58,65)(H,59,64)(H,68,69)/b39-24-/t26-,31+,32+,35-,36?,40?/m0/s1. The van der Waals surface area contributed by atoms with Gasteiger partial charge in [0.15, 0.2) is 11.5 Å². The van der Waals surface area contributed by atoms with Crippen LogP contribution in [0.5, 0.6) is 17.2 Å². The number of hydrogen-bond donors (Lipinski definition) is 11. The molecule has 0 aromatic heterocycles. The number of nitrogens with one attached hydrogen (secondary N) is 3. The minimum atomic E-state index is -3.21. The number of carbonyl (C=O) groups excluding carboxylic acids is 4. The van der Waals surface area contributed by atoms with Crippen molar-refractivity contribution in [3.8, 4) is 28.4 Å². The highest BCUT2D eigenvalue weighted by molar-refractivity contribution is 6.22. The van der Waals surface area contributed by atoms with Gasteiger partial charge in [0.1, 0.15) is 61.2 Å². The fourth-order valence-corrected chi connectivity index (χ4v) is 7.35. The number of nitrogens with zero attached hydrogens (tertiary/aromatic N) is 2. The minimum Gasteiger partial charge on any atom is -0.504 e. The number of carbonyl (C=O) groups is 5. The van der Waals surface area contributed by atoms with Crippen molar-refractivity contribution in [1.29, 1.82) is 0 Å². The van der Waals surface area contributed by atoms with Crippen LogP contribution >= 0.6 is 0 Å². The summed E-state index contributed by atoms with van der Waals surface area (Å²) in [7, 11) is 1.16. The van der Waals surface area contributed by atoms with E-state index in [0.717, 1.165) is 24.4 Å². The topological polar surface area (TPSA) is 340 Å². The van der Waals surface area contributed by atoms with Crippen molar-refractivity contribution in [3.05, 3.63) is 94.6 Å². The minimum absolute atomic E-state index is 0.0159. The van der Waals surface area contributed by atoms with E-state index < -0.39 is 102 Å². The first-order valence-corrected chi connectivity index (χ1v) is 22.6. The van der Waals surface area contributed by atoms with E-state index in [-0.39, 0.29) is 78.4 Å². The number of rotatable bonds is 19.